The molecule has 0 fully saturated rings. The minimum Gasteiger partial charge on any atom is -0.449 e. The van der Waals surface area contributed by atoms with Crippen molar-refractivity contribution < 1.29 is 22.7 Å². The van der Waals surface area contributed by atoms with Crippen molar-refractivity contribution in [1.82, 2.24) is 9.62 Å². The normalized spacial score (nSPS) is 15.6. The maximum atomic E-state index is 13.0. The van der Waals surface area contributed by atoms with Crippen LogP contribution in [0.4, 0.5) is 0 Å². The van der Waals surface area contributed by atoms with Crippen molar-refractivity contribution in [3.05, 3.63) is 65.2 Å². The van der Waals surface area contributed by atoms with Crippen molar-refractivity contribution in [3.63, 3.8) is 0 Å². The second-order valence-electron chi connectivity index (χ2n) is 8.67. The zero-order chi connectivity index (χ0) is 22.8. The van der Waals surface area contributed by atoms with Gasteiger partial charge in [0.25, 0.3) is 5.91 Å². The summed E-state index contributed by atoms with van der Waals surface area (Å²) in [6.07, 6.45) is -0.308. The number of hydrogen-bond donors (Lipinski definition) is 1. The van der Waals surface area contributed by atoms with E-state index in [0.29, 0.717) is 19.5 Å². The minimum atomic E-state index is -3.69. The Kier molecular flexibility index (Phi) is 6.52. The van der Waals surface area contributed by atoms with Crippen LogP contribution in [-0.2, 0) is 32.5 Å². The van der Waals surface area contributed by atoms with Gasteiger partial charge in [0, 0.05) is 18.6 Å². The van der Waals surface area contributed by atoms with Crippen LogP contribution in [0.5, 0.6) is 0 Å². The van der Waals surface area contributed by atoms with Gasteiger partial charge >= 0.3 is 5.97 Å². The van der Waals surface area contributed by atoms with E-state index in [1.807, 2.05) is 45.0 Å². The van der Waals surface area contributed by atoms with Crippen LogP contribution in [0, 0.1) is 0 Å². The Morgan fingerprint density at radius 1 is 1.03 bits per heavy atom. The number of amides is 1. The fourth-order valence-electron chi connectivity index (χ4n) is 3.34. The molecule has 1 N–H and O–H groups in total. The topological polar surface area (TPSA) is 92.8 Å². The zero-order valence-corrected chi connectivity index (χ0v) is 19.0. The molecule has 2 aromatic carbocycles. The Bertz CT molecular complexity index is 1070. The van der Waals surface area contributed by atoms with Gasteiger partial charge in [-0.2, -0.15) is 4.31 Å². The molecular weight excluding hydrogens is 416 g/mol. The molecule has 0 saturated heterocycles. The highest BCUT2D eigenvalue weighted by Crippen LogP contribution is 2.25. The van der Waals surface area contributed by atoms with E-state index in [2.05, 4.69) is 5.32 Å². The van der Waals surface area contributed by atoms with E-state index in [4.69, 9.17) is 4.74 Å². The van der Waals surface area contributed by atoms with Crippen molar-refractivity contribution in [2.24, 2.45) is 0 Å². The van der Waals surface area contributed by atoms with Gasteiger partial charge in [-0.3, -0.25) is 4.79 Å². The van der Waals surface area contributed by atoms with Gasteiger partial charge < -0.3 is 10.1 Å². The van der Waals surface area contributed by atoms with Crippen LogP contribution in [0.3, 0.4) is 0 Å². The van der Waals surface area contributed by atoms with Crippen LogP contribution in [0.15, 0.2) is 53.4 Å². The zero-order valence-electron chi connectivity index (χ0n) is 18.2. The molecule has 7 nitrogen and oxygen atoms in total. The van der Waals surface area contributed by atoms with Crippen molar-refractivity contribution in [1.29, 1.82) is 0 Å². The number of nitrogens with zero attached hydrogens (tertiary/aromatic N) is 1. The fraction of sp³-hybridized carbons (Fsp3) is 0.391. The van der Waals surface area contributed by atoms with Gasteiger partial charge in [0.15, 0.2) is 6.10 Å². The lowest BCUT2D eigenvalue weighted by atomic mass is 10.0. The molecule has 0 spiro atoms. The van der Waals surface area contributed by atoms with Crippen molar-refractivity contribution in [2.75, 3.05) is 6.54 Å². The summed E-state index contributed by atoms with van der Waals surface area (Å²) in [7, 11) is -3.69. The number of rotatable bonds is 5. The molecule has 1 unspecified atom stereocenters. The summed E-state index contributed by atoms with van der Waals surface area (Å²) in [5.41, 5.74) is 1.90. The number of carbonyl (C=O) groups excluding carboxylic acids is 2. The number of fused-ring (bicyclic) bond motifs is 1. The number of sulfonamides is 1. The molecule has 1 atom stereocenters. The van der Waals surface area contributed by atoms with Crippen LogP contribution < -0.4 is 5.32 Å². The quantitative estimate of drug-likeness (QED) is 0.716. The van der Waals surface area contributed by atoms with E-state index in [1.54, 1.807) is 0 Å². The summed E-state index contributed by atoms with van der Waals surface area (Å²) in [4.78, 5) is 24.6. The Balaban J connectivity index is 1.68. The van der Waals surface area contributed by atoms with Crippen LogP contribution in [0.1, 0.15) is 49.2 Å². The SMILES string of the molecule is CC(OC(=O)c1ccc(S(=O)(=O)N2CCc3ccccc3C2)cc1)C(=O)NC(C)(C)C. The smallest absolute Gasteiger partial charge is 0.338 e. The maximum absolute atomic E-state index is 13.0. The molecule has 3 rings (SSSR count). The summed E-state index contributed by atoms with van der Waals surface area (Å²) in [6.45, 7) is 7.72. The van der Waals surface area contributed by atoms with Crippen molar-refractivity contribution in [2.45, 2.75) is 57.2 Å². The monoisotopic (exact) mass is 444 g/mol. The molecule has 0 radical (unpaired) electrons. The van der Waals surface area contributed by atoms with Crippen LogP contribution >= 0.6 is 0 Å². The first kappa shape index (κ1) is 23.0. The van der Waals surface area contributed by atoms with E-state index in [0.717, 1.165) is 11.1 Å². The van der Waals surface area contributed by atoms with E-state index in [1.165, 1.54) is 35.5 Å². The highest BCUT2D eigenvalue weighted by Gasteiger charge is 2.29. The largest absolute Gasteiger partial charge is 0.449 e. The van der Waals surface area contributed by atoms with Gasteiger partial charge in [-0.05, 0) is 69.5 Å². The van der Waals surface area contributed by atoms with Crippen LogP contribution in [0.2, 0.25) is 0 Å². The average molecular weight is 445 g/mol. The third kappa shape index (κ3) is 5.51. The minimum absolute atomic E-state index is 0.113. The third-order valence-corrected chi connectivity index (χ3v) is 6.83. The Morgan fingerprint density at radius 2 is 1.65 bits per heavy atom. The maximum Gasteiger partial charge on any atom is 0.338 e. The molecule has 1 aliphatic heterocycles. The molecule has 0 aromatic heterocycles. The fourth-order valence-corrected chi connectivity index (χ4v) is 4.76. The molecule has 166 valence electrons. The molecule has 1 heterocycles. The van der Waals surface area contributed by atoms with Crippen molar-refractivity contribution in [3.8, 4) is 0 Å². The summed E-state index contributed by atoms with van der Waals surface area (Å²) >= 11 is 0. The predicted octanol–water partition coefficient (Wildman–Crippen LogP) is 2.89. The van der Waals surface area contributed by atoms with Gasteiger partial charge in [0.05, 0.1) is 10.5 Å². The molecule has 1 amide bonds. The van der Waals surface area contributed by atoms with Gasteiger partial charge in [0.2, 0.25) is 10.0 Å². The number of hydrogen-bond acceptors (Lipinski definition) is 5. The first-order chi connectivity index (χ1) is 14.5. The van der Waals surface area contributed by atoms with E-state index < -0.39 is 33.5 Å². The number of ether oxygens (including phenoxy) is 1. The van der Waals surface area contributed by atoms with E-state index in [-0.39, 0.29) is 10.5 Å². The number of carbonyl (C=O) groups is 2. The lowest BCUT2D eigenvalue weighted by Gasteiger charge is -2.28. The summed E-state index contributed by atoms with van der Waals surface area (Å²) in [6, 6.07) is 13.4. The second-order valence-corrected chi connectivity index (χ2v) is 10.6. The third-order valence-electron chi connectivity index (χ3n) is 4.97. The lowest BCUT2D eigenvalue weighted by molar-refractivity contribution is -0.130. The average Bonchev–Trinajstić information content (AvgIpc) is 2.72. The lowest BCUT2D eigenvalue weighted by Crippen LogP contribution is -2.46. The Hall–Kier alpha value is -2.71. The first-order valence-corrected chi connectivity index (χ1v) is 11.6. The second kappa shape index (κ2) is 8.80. The molecule has 31 heavy (non-hydrogen) atoms. The molecule has 0 aliphatic carbocycles. The highest BCUT2D eigenvalue weighted by atomic mass is 32.2. The van der Waals surface area contributed by atoms with Gasteiger partial charge in [-0.1, -0.05) is 24.3 Å². The molecule has 0 saturated carbocycles. The standard InChI is InChI=1S/C23H28N2O5S/c1-16(21(26)24-23(2,3)4)30-22(27)18-9-11-20(12-10-18)31(28,29)25-14-13-17-7-5-6-8-19(17)15-25/h5-12,16H,13-15H2,1-4H3,(H,24,26). The van der Waals surface area contributed by atoms with Crippen molar-refractivity contribution >= 4 is 21.9 Å². The van der Waals surface area contributed by atoms with Crippen LogP contribution in [-0.4, -0.2) is 42.8 Å². The number of nitrogens with one attached hydrogen (secondary N) is 1. The Labute approximate surface area is 183 Å². The van der Waals surface area contributed by atoms with E-state index >= 15 is 0 Å². The molecule has 2 aromatic rings. The molecule has 0 bridgehead atoms. The summed E-state index contributed by atoms with van der Waals surface area (Å²) in [5, 5.41) is 2.75. The Morgan fingerprint density at radius 3 is 2.26 bits per heavy atom. The predicted molar refractivity (Wildman–Crippen MR) is 117 cm³/mol. The first-order valence-electron chi connectivity index (χ1n) is 10.2. The van der Waals surface area contributed by atoms with Gasteiger partial charge in [-0.15, -0.1) is 0 Å². The number of benzene rings is 2. The molecular formula is C23H28N2O5S. The number of esters is 1. The van der Waals surface area contributed by atoms with E-state index in [9.17, 15) is 18.0 Å². The molecule has 8 heteroatoms. The highest BCUT2D eigenvalue weighted by molar-refractivity contribution is 7.89. The van der Waals surface area contributed by atoms with Gasteiger partial charge in [0.1, 0.15) is 0 Å². The van der Waals surface area contributed by atoms with Crippen LogP contribution in [0.25, 0.3) is 0 Å². The summed E-state index contributed by atoms with van der Waals surface area (Å²) < 4.78 is 32.7. The summed E-state index contributed by atoms with van der Waals surface area (Å²) in [5.74, 6) is -1.09. The van der Waals surface area contributed by atoms with Gasteiger partial charge in [-0.25, -0.2) is 13.2 Å². The molecule has 1 aliphatic rings.